The summed E-state index contributed by atoms with van der Waals surface area (Å²) in [6, 6.07) is 7.86. The summed E-state index contributed by atoms with van der Waals surface area (Å²) < 4.78 is 48.3. The molecule has 0 fully saturated rings. The van der Waals surface area contributed by atoms with Gasteiger partial charge >= 0.3 is 11.8 Å². The summed E-state index contributed by atoms with van der Waals surface area (Å²) >= 11 is 0. The van der Waals surface area contributed by atoms with Gasteiger partial charge in [0.1, 0.15) is 17.4 Å². The van der Waals surface area contributed by atoms with E-state index in [1.54, 1.807) is 12.1 Å². The van der Waals surface area contributed by atoms with Crippen LogP contribution in [0, 0.1) is 0 Å². The number of aliphatic hydroxyl groups is 1. The summed E-state index contributed by atoms with van der Waals surface area (Å²) in [5.41, 5.74) is 4.16. The minimum Gasteiger partial charge on any atom is -0.497 e. The molecule has 0 bridgehead atoms. The second-order valence-electron chi connectivity index (χ2n) is 7.14. The van der Waals surface area contributed by atoms with Gasteiger partial charge < -0.3 is 25.3 Å². The third-order valence-electron chi connectivity index (χ3n) is 4.92. The molecular formula is C22H19F3N2O6. The fourth-order valence-corrected chi connectivity index (χ4v) is 3.21. The highest BCUT2D eigenvalue weighted by atomic mass is 19.4. The van der Waals surface area contributed by atoms with E-state index in [0.29, 0.717) is 16.7 Å². The number of primary amides is 1. The first-order valence-corrected chi connectivity index (χ1v) is 9.55. The largest absolute Gasteiger partial charge is 0.497 e. The van der Waals surface area contributed by atoms with Gasteiger partial charge in [-0.3, -0.25) is 9.59 Å². The lowest BCUT2D eigenvalue weighted by Gasteiger charge is -2.19. The number of hydrogen-bond donors (Lipinski definition) is 3. The minimum absolute atomic E-state index is 0.110. The van der Waals surface area contributed by atoms with Crippen LogP contribution in [0.15, 0.2) is 57.7 Å². The molecule has 174 valence electrons. The van der Waals surface area contributed by atoms with Crippen molar-refractivity contribution >= 4 is 22.8 Å². The SMILES string of the molecule is COc1ccc2c(C[C@@H](NC(=O)[C@@H](O)c3ccc(C(F)(F)F)cc3)C(N)=O)cc(=O)oc2c1. The average molecular weight is 464 g/mol. The number of hydrogen-bond acceptors (Lipinski definition) is 6. The highest BCUT2D eigenvalue weighted by Crippen LogP contribution is 2.30. The zero-order valence-electron chi connectivity index (χ0n) is 17.2. The summed E-state index contributed by atoms with van der Waals surface area (Å²) in [7, 11) is 1.43. The molecule has 3 rings (SSSR count). The number of amides is 2. The van der Waals surface area contributed by atoms with Crippen LogP contribution >= 0.6 is 0 Å². The molecule has 0 saturated carbocycles. The second kappa shape index (κ2) is 9.33. The molecule has 3 aromatic rings. The van der Waals surface area contributed by atoms with E-state index in [9.17, 15) is 32.7 Å². The molecule has 1 aromatic heterocycles. The van der Waals surface area contributed by atoms with Gasteiger partial charge in [0.15, 0.2) is 6.10 Å². The lowest BCUT2D eigenvalue weighted by molar-refractivity contribution is -0.137. The Kier molecular flexibility index (Phi) is 6.73. The van der Waals surface area contributed by atoms with Crippen LogP contribution in [-0.2, 0) is 22.2 Å². The lowest BCUT2D eigenvalue weighted by Crippen LogP contribution is -2.47. The summed E-state index contributed by atoms with van der Waals surface area (Å²) in [6.45, 7) is 0. The Hall–Kier alpha value is -3.86. The normalized spacial score (nSPS) is 13.4. The number of benzene rings is 2. The Morgan fingerprint density at radius 1 is 1.15 bits per heavy atom. The Labute approximate surface area is 184 Å². The molecule has 0 radical (unpaired) electrons. The van der Waals surface area contributed by atoms with Crippen molar-refractivity contribution in [3.8, 4) is 5.75 Å². The molecule has 8 nitrogen and oxygen atoms in total. The number of carbonyl (C=O) groups is 2. The molecule has 4 N–H and O–H groups in total. The fourth-order valence-electron chi connectivity index (χ4n) is 3.21. The van der Waals surface area contributed by atoms with Crippen molar-refractivity contribution in [2.75, 3.05) is 7.11 Å². The smallest absolute Gasteiger partial charge is 0.416 e. The number of aliphatic hydroxyl groups excluding tert-OH is 1. The minimum atomic E-state index is -4.57. The number of carbonyl (C=O) groups excluding carboxylic acids is 2. The highest BCUT2D eigenvalue weighted by Gasteiger charge is 2.31. The number of ether oxygens (including phenoxy) is 1. The number of alkyl halides is 3. The van der Waals surface area contributed by atoms with Crippen LogP contribution in [0.3, 0.4) is 0 Å². The van der Waals surface area contributed by atoms with Crippen molar-refractivity contribution in [1.29, 1.82) is 0 Å². The van der Waals surface area contributed by atoms with Gasteiger partial charge in [-0.05, 0) is 35.4 Å². The van der Waals surface area contributed by atoms with Crippen molar-refractivity contribution in [2.45, 2.75) is 24.7 Å². The van der Waals surface area contributed by atoms with E-state index in [-0.39, 0.29) is 17.6 Å². The number of halogens is 3. The molecule has 2 atom stereocenters. The molecule has 33 heavy (non-hydrogen) atoms. The third-order valence-corrected chi connectivity index (χ3v) is 4.92. The van der Waals surface area contributed by atoms with Crippen molar-refractivity contribution in [3.05, 3.63) is 75.6 Å². The molecule has 2 aromatic carbocycles. The predicted octanol–water partition coefficient (Wildman–Crippen LogP) is 2.07. The third kappa shape index (κ3) is 5.50. The summed E-state index contributed by atoms with van der Waals surface area (Å²) in [6.07, 6.45) is -6.62. The van der Waals surface area contributed by atoms with Crippen LogP contribution in [-0.4, -0.2) is 30.1 Å². The maximum absolute atomic E-state index is 12.7. The summed E-state index contributed by atoms with van der Waals surface area (Å²) in [4.78, 5) is 36.3. The Morgan fingerprint density at radius 2 is 1.82 bits per heavy atom. The maximum Gasteiger partial charge on any atom is 0.416 e. The molecule has 2 amide bonds. The van der Waals surface area contributed by atoms with Gasteiger partial charge in [-0.15, -0.1) is 0 Å². The summed E-state index contributed by atoms with van der Waals surface area (Å²) in [5.74, 6) is -1.56. The van der Waals surface area contributed by atoms with Crippen molar-refractivity contribution < 1.29 is 37.0 Å². The zero-order chi connectivity index (χ0) is 24.3. The van der Waals surface area contributed by atoms with E-state index in [2.05, 4.69) is 5.32 Å². The molecule has 0 aliphatic carbocycles. The van der Waals surface area contributed by atoms with Gasteiger partial charge in [0.05, 0.1) is 12.7 Å². The van der Waals surface area contributed by atoms with Gasteiger partial charge in [-0.25, -0.2) is 4.79 Å². The van der Waals surface area contributed by atoms with Crippen LogP contribution in [0.2, 0.25) is 0 Å². The number of methoxy groups -OCH3 is 1. The fraction of sp³-hybridized carbons (Fsp3) is 0.227. The summed E-state index contributed by atoms with van der Waals surface area (Å²) in [5, 5.41) is 13.0. The molecule has 0 unspecified atom stereocenters. The molecule has 0 aliphatic heterocycles. The first-order chi connectivity index (χ1) is 15.5. The van der Waals surface area contributed by atoms with Gasteiger partial charge in [0.25, 0.3) is 5.91 Å². The van der Waals surface area contributed by atoms with Crippen LogP contribution in [0.25, 0.3) is 11.0 Å². The van der Waals surface area contributed by atoms with E-state index >= 15 is 0 Å². The Bertz CT molecular complexity index is 1240. The maximum atomic E-state index is 12.7. The standard InChI is InChI=1S/C22H19F3N2O6/c1-32-14-6-7-15-12(9-18(28)33-17(15)10-14)8-16(20(26)30)27-21(31)19(29)11-2-4-13(5-3-11)22(23,24)25/h2-7,9-10,16,19,29H,8H2,1H3,(H2,26,30)(H,27,31)/t16-,19+/m1/s1. The topological polar surface area (TPSA) is 132 Å². The number of nitrogens with two attached hydrogens (primary N) is 1. The molecule has 1 heterocycles. The van der Waals surface area contributed by atoms with Gasteiger partial charge in [-0.1, -0.05) is 12.1 Å². The van der Waals surface area contributed by atoms with Crippen molar-refractivity contribution in [3.63, 3.8) is 0 Å². The van der Waals surface area contributed by atoms with Crippen molar-refractivity contribution in [2.24, 2.45) is 5.73 Å². The molecular weight excluding hydrogens is 445 g/mol. The van der Waals surface area contributed by atoms with Crippen LogP contribution in [0.5, 0.6) is 5.75 Å². The zero-order valence-corrected chi connectivity index (χ0v) is 17.2. The van der Waals surface area contributed by atoms with Gasteiger partial charge in [0, 0.05) is 23.9 Å². The molecule has 0 spiro atoms. The number of nitrogens with one attached hydrogen (secondary N) is 1. The Morgan fingerprint density at radius 3 is 2.39 bits per heavy atom. The Balaban J connectivity index is 1.82. The van der Waals surface area contributed by atoms with Gasteiger partial charge in [0.2, 0.25) is 5.91 Å². The monoisotopic (exact) mass is 464 g/mol. The number of rotatable bonds is 7. The van der Waals surface area contributed by atoms with E-state index in [1.165, 1.54) is 13.2 Å². The highest BCUT2D eigenvalue weighted by molar-refractivity contribution is 5.90. The van der Waals surface area contributed by atoms with E-state index in [0.717, 1.165) is 30.3 Å². The van der Waals surface area contributed by atoms with E-state index < -0.39 is 41.3 Å². The molecule has 0 aliphatic rings. The first-order valence-electron chi connectivity index (χ1n) is 9.55. The lowest BCUT2D eigenvalue weighted by atomic mass is 10.0. The van der Waals surface area contributed by atoms with Crippen LogP contribution < -0.4 is 21.4 Å². The number of fused-ring (bicyclic) bond motifs is 1. The second-order valence-corrected chi connectivity index (χ2v) is 7.14. The molecule has 11 heteroatoms. The van der Waals surface area contributed by atoms with Crippen molar-refractivity contribution in [1.82, 2.24) is 5.32 Å². The van der Waals surface area contributed by atoms with E-state index in [4.69, 9.17) is 14.9 Å². The molecule has 0 saturated heterocycles. The van der Waals surface area contributed by atoms with E-state index in [1.807, 2.05) is 0 Å². The quantitative estimate of drug-likeness (QED) is 0.459. The predicted molar refractivity (Wildman–Crippen MR) is 110 cm³/mol. The first kappa shape index (κ1) is 23.8. The van der Waals surface area contributed by atoms with Gasteiger partial charge in [-0.2, -0.15) is 13.2 Å². The average Bonchev–Trinajstić information content (AvgIpc) is 2.76. The van der Waals surface area contributed by atoms with Crippen LogP contribution in [0.4, 0.5) is 13.2 Å². The van der Waals surface area contributed by atoms with Crippen LogP contribution in [0.1, 0.15) is 22.8 Å².